The molecule has 0 spiro atoms. The summed E-state index contributed by atoms with van der Waals surface area (Å²) in [6.45, 7) is 4.00. The molecule has 4 heteroatoms. The molecule has 0 fully saturated rings. The number of carboxylic acids is 2. The van der Waals surface area contributed by atoms with Crippen LogP contribution in [0.25, 0.3) is 0 Å². The highest BCUT2D eigenvalue weighted by atomic mass is 16.4. The first-order valence-electron chi connectivity index (χ1n) is 2.77. The van der Waals surface area contributed by atoms with Crippen LogP contribution in [0, 0.1) is 0 Å². The van der Waals surface area contributed by atoms with E-state index in [9.17, 15) is 9.59 Å². The molecule has 0 bridgehead atoms. The highest BCUT2D eigenvalue weighted by molar-refractivity contribution is 5.89. The Bertz CT molecular complexity index is 121. The topological polar surface area (TPSA) is 74.6 Å². The van der Waals surface area contributed by atoms with Crippen molar-refractivity contribution < 1.29 is 19.8 Å². The summed E-state index contributed by atoms with van der Waals surface area (Å²) < 4.78 is 0. The van der Waals surface area contributed by atoms with Crippen LogP contribution in [0.2, 0.25) is 0 Å². The number of rotatable bonds is 2. The summed E-state index contributed by atoms with van der Waals surface area (Å²) in [5, 5.41) is 15.6. The Balaban J connectivity index is 0. The fraction of sp³-hybridized carbons (Fsp3) is 0.333. The lowest BCUT2D eigenvalue weighted by atomic mass is 10.5. The molecule has 0 aromatic carbocycles. The van der Waals surface area contributed by atoms with E-state index in [0.717, 1.165) is 0 Å². The van der Waals surface area contributed by atoms with E-state index in [-0.39, 0.29) is 0 Å². The smallest absolute Gasteiger partial charge is 0.328 e. The van der Waals surface area contributed by atoms with Gasteiger partial charge in [0, 0.05) is 12.2 Å². The molecule has 0 saturated carbocycles. The van der Waals surface area contributed by atoms with Crippen molar-refractivity contribution in [1.82, 2.24) is 0 Å². The maximum atomic E-state index is 9.55. The average Bonchev–Trinajstić information content (AvgIpc) is 1.89. The summed E-state index contributed by atoms with van der Waals surface area (Å²) in [4.78, 5) is 19.1. The van der Waals surface area contributed by atoms with E-state index in [4.69, 9.17) is 10.2 Å². The molecule has 0 unspecified atom stereocenters. The summed E-state index contributed by atoms with van der Waals surface area (Å²) in [5.41, 5.74) is 0. The molecule has 0 saturated heterocycles. The molecule has 2 N–H and O–H groups in total. The Morgan fingerprint density at radius 1 is 1.00 bits per heavy atom. The third-order valence-electron chi connectivity index (χ3n) is 0.368. The molecule has 0 aliphatic heterocycles. The number of hydrogen-bond donors (Lipinski definition) is 2. The van der Waals surface area contributed by atoms with Gasteiger partial charge in [0.15, 0.2) is 0 Å². The minimum Gasteiger partial charge on any atom is -0.478 e. The second kappa shape index (κ2) is 7.68. The van der Waals surface area contributed by atoms with Crippen molar-refractivity contribution in [2.24, 2.45) is 0 Å². The Kier molecular flexibility index (Phi) is 8.81. The Morgan fingerprint density at radius 2 is 1.20 bits per heavy atom. The van der Waals surface area contributed by atoms with Gasteiger partial charge in [-0.05, 0) is 0 Å². The molecule has 0 aliphatic rings. The lowest BCUT2D eigenvalue weighted by Gasteiger charge is -1.74. The standard InChI is InChI=1S/C4H4O4.C2H6/c5-3(6)1-2-4(7)8;1-2/h1-2H,(H,5,6)(H,7,8);1-2H3/b2-1+;. The van der Waals surface area contributed by atoms with Gasteiger partial charge < -0.3 is 10.2 Å². The molecule has 10 heavy (non-hydrogen) atoms. The summed E-state index contributed by atoms with van der Waals surface area (Å²) in [7, 11) is 0. The van der Waals surface area contributed by atoms with E-state index in [0.29, 0.717) is 12.2 Å². The van der Waals surface area contributed by atoms with E-state index >= 15 is 0 Å². The van der Waals surface area contributed by atoms with Crippen molar-refractivity contribution in [3.8, 4) is 0 Å². The Hall–Kier alpha value is -1.32. The van der Waals surface area contributed by atoms with Crippen LogP contribution >= 0.6 is 0 Å². The first-order chi connectivity index (χ1) is 4.63. The molecule has 4 nitrogen and oxygen atoms in total. The fourth-order valence-electron chi connectivity index (χ4n) is 0.143. The quantitative estimate of drug-likeness (QED) is 0.563. The summed E-state index contributed by atoms with van der Waals surface area (Å²) in [6, 6.07) is 0. The lowest BCUT2D eigenvalue weighted by Crippen LogP contribution is -1.91. The molecule has 0 radical (unpaired) electrons. The maximum Gasteiger partial charge on any atom is 0.328 e. The zero-order chi connectivity index (χ0) is 8.57. The van der Waals surface area contributed by atoms with Gasteiger partial charge in [0.1, 0.15) is 0 Å². The van der Waals surface area contributed by atoms with Gasteiger partial charge in [0.25, 0.3) is 0 Å². The third kappa shape index (κ3) is 15.9. The fourth-order valence-corrected chi connectivity index (χ4v) is 0.143. The number of hydrogen-bond acceptors (Lipinski definition) is 2. The van der Waals surface area contributed by atoms with Crippen LogP contribution in [0.15, 0.2) is 12.2 Å². The summed E-state index contributed by atoms with van der Waals surface area (Å²) in [6.07, 6.45) is 1.12. The normalized spacial score (nSPS) is 8.20. The van der Waals surface area contributed by atoms with E-state index in [2.05, 4.69) is 0 Å². The Labute approximate surface area is 58.8 Å². The monoisotopic (exact) mass is 146 g/mol. The third-order valence-corrected chi connectivity index (χ3v) is 0.368. The van der Waals surface area contributed by atoms with Gasteiger partial charge in [-0.2, -0.15) is 0 Å². The predicted octanol–water partition coefficient (Wildman–Crippen LogP) is 0.738. The molecule has 0 aromatic rings. The van der Waals surface area contributed by atoms with Crippen molar-refractivity contribution in [3.05, 3.63) is 12.2 Å². The van der Waals surface area contributed by atoms with Gasteiger partial charge in [-0.15, -0.1) is 0 Å². The van der Waals surface area contributed by atoms with Crippen molar-refractivity contribution in [3.63, 3.8) is 0 Å². The summed E-state index contributed by atoms with van der Waals surface area (Å²) in [5.74, 6) is -2.51. The number of carbonyl (C=O) groups is 2. The van der Waals surface area contributed by atoms with E-state index in [1.807, 2.05) is 13.8 Å². The molecule has 0 heterocycles. The molecule has 58 valence electrons. The zero-order valence-electron chi connectivity index (χ0n) is 5.87. The molecule has 0 amide bonds. The first-order valence-corrected chi connectivity index (χ1v) is 2.77. The van der Waals surface area contributed by atoms with Crippen LogP contribution in [0.1, 0.15) is 13.8 Å². The molecule has 0 rings (SSSR count). The van der Waals surface area contributed by atoms with Gasteiger partial charge in [-0.1, -0.05) is 13.8 Å². The second-order valence-electron chi connectivity index (χ2n) is 1.01. The minimum atomic E-state index is -1.26. The highest BCUT2D eigenvalue weighted by Gasteiger charge is 1.88. The van der Waals surface area contributed by atoms with Crippen molar-refractivity contribution >= 4 is 11.9 Å². The maximum absolute atomic E-state index is 9.55. The van der Waals surface area contributed by atoms with Gasteiger partial charge in [-0.3, -0.25) is 0 Å². The van der Waals surface area contributed by atoms with Crippen LogP contribution in [-0.4, -0.2) is 22.2 Å². The molecule has 0 aromatic heterocycles. The van der Waals surface area contributed by atoms with E-state index < -0.39 is 11.9 Å². The van der Waals surface area contributed by atoms with Crippen LogP contribution in [0.4, 0.5) is 0 Å². The SMILES string of the molecule is CC.O=C(O)/C=C/C(=O)O. The number of aliphatic carboxylic acids is 2. The van der Waals surface area contributed by atoms with Crippen LogP contribution in [0.5, 0.6) is 0 Å². The number of carboxylic acid groups (broad SMARTS) is 2. The second-order valence-corrected chi connectivity index (χ2v) is 1.01. The van der Waals surface area contributed by atoms with E-state index in [1.54, 1.807) is 0 Å². The van der Waals surface area contributed by atoms with Crippen LogP contribution in [0.3, 0.4) is 0 Å². The lowest BCUT2D eigenvalue weighted by molar-refractivity contribution is -0.134. The molecular formula is C6H10O4. The first kappa shape index (κ1) is 11.5. The zero-order valence-corrected chi connectivity index (χ0v) is 5.87. The van der Waals surface area contributed by atoms with Crippen LogP contribution in [-0.2, 0) is 9.59 Å². The molecular weight excluding hydrogens is 136 g/mol. The van der Waals surface area contributed by atoms with Crippen molar-refractivity contribution in [2.75, 3.05) is 0 Å². The van der Waals surface area contributed by atoms with E-state index in [1.165, 1.54) is 0 Å². The highest BCUT2D eigenvalue weighted by Crippen LogP contribution is 1.70. The van der Waals surface area contributed by atoms with Crippen molar-refractivity contribution in [2.45, 2.75) is 13.8 Å². The average molecular weight is 146 g/mol. The minimum absolute atomic E-state index is 0.558. The van der Waals surface area contributed by atoms with Crippen LogP contribution < -0.4 is 0 Å². The predicted molar refractivity (Wildman–Crippen MR) is 35.8 cm³/mol. The van der Waals surface area contributed by atoms with Gasteiger partial charge in [0.2, 0.25) is 0 Å². The summed E-state index contributed by atoms with van der Waals surface area (Å²) >= 11 is 0. The molecule has 0 aliphatic carbocycles. The van der Waals surface area contributed by atoms with Crippen molar-refractivity contribution in [1.29, 1.82) is 0 Å². The Morgan fingerprint density at radius 3 is 1.30 bits per heavy atom. The molecule has 0 atom stereocenters. The van der Waals surface area contributed by atoms with Gasteiger partial charge in [-0.25, -0.2) is 9.59 Å². The van der Waals surface area contributed by atoms with Gasteiger partial charge in [0.05, 0.1) is 0 Å². The van der Waals surface area contributed by atoms with Gasteiger partial charge >= 0.3 is 11.9 Å². The largest absolute Gasteiger partial charge is 0.478 e.